The molecular formula is C9H8ClFN2O. The van der Waals surface area contributed by atoms with Crippen LogP contribution >= 0.6 is 11.6 Å². The van der Waals surface area contributed by atoms with Crippen molar-refractivity contribution in [2.24, 2.45) is 5.84 Å². The Morgan fingerprint density at radius 2 is 2.36 bits per heavy atom. The van der Waals surface area contributed by atoms with Crippen LogP contribution in [0.2, 0.25) is 5.02 Å². The highest BCUT2D eigenvalue weighted by molar-refractivity contribution is 6.32. The van der Waals surface area contributed by atoms with Crippen molar-refractivity contribution in [1.29, 1.82) is 0 Å². The molecule has 1 aromatic rings. The molecule has 1 aromatic carbocycles. The maximum Gasteiger partial charge on any atom is 0.149 e. The van der Waals surface area contributed by atoms with Gasteiger partial charge in [-0.2, -0.15) is 0 Å². The van der Waals surface area contributed by atoms with Gasteiger partial charge in [0.25, 0.3) is 0 Å². The summed E-state index contributed by atoms with van der Waals surface area (Å²) < 4.78 is 18.1. The Hall–Kier alpha value is -1.44. The monoisotopic (exact) mass is 214 g/mol. The molecule has 3 nitrogen and oxygen atoms in total. The summed E-state index contributed by atoms with van der Waals surface area (Å²) in [6.45, 7) is 0.0648. The fourth-order valence-corrected chi connectivity index (χ4v) is 1.07. The number of rotatable bonds is 3. The van der Waals surface area contributed by atoms with Crippen molar-refractivity contribution in [1.82, 2.24) is 0 Å². The fourth-order valence-electron chi connectivity index (χ4n) is 0.870. The van der Waals surface area contributed by atoms with Crippen LogP contribution in [0.5, 0.6) is 5.75 Å². The van der Waals surface area contributed by atoms with Gasteiger partial charge < -0.3 is 10.2 Å². The van der Waals surface area contributed by atoms with Crippen molar-refractivity contribution in [3.05, 3.63) is 23.0 Å². The number of hydrazine groups is 1. The van der Waals surface area contributed by atoms with Gasteiger partial charge >= 0.3 is 0 Å². The van der Waals surface area contributed by atoms with Crippen LogP contribution in [0.25, 0.3) is 0 Å². The van der Waals surface area contributed by atoms with Crippen molar-refractivity contribution in [2.75, 3.05) is 12.0 Å². The van der Waals surface area contributed by atoms with E-state index < -0.39 is 5.82 Å². The third kappa shape index (κ3) is 2.28. The maximum absolute atomic E-state index is 13.0. The van der Waals surface area contributed by atoms with E-state index in [1.54, 1.807) is 0 Å². The molecule has 0 radical (unpaired) electrons. The molecule has 0 bridgehead atoms. The number of ether oxygens (including phenoxy) is 1. The number of nitrogen functional groups attached to an aromatic ring is 1. The van der Waals surface area contributed by atoms with Gasteiger partial charge in [-0.3, -0.25) is 5.84 Å². The van der Waals surface area contributed by atoms with E-state index in [2.05, 4.69) is 11.3 Å². The fraction of sp³-hybridized carbons (Fsp3) is 0.111. The van der Waals surface area contributed by atoms with Gasteiger partial charge in [0.15, 0.2) is 0 Å². The van der Waals surface area contributed by atoms with E-state index in [-0.39, 0.29) is 17.3 Å². The number of hydrogen-bond donors (Lipinski definition) is 2. The second-order valence-electron chi connectivity index (χ2n) is 2.40. The summed E-state index contributed by atoms with van der Waals surface area (Å²) in [6, 6.07) is 2.44. The molecular weight excluding hydrogens is 207 g/mol. The van der Waals surface area contributed by atoms with Gasteiger partial charge in [0.2, 0.25) is 0 Å². The van der Waals surface area contributed by atoms with Crippen LogP contribution in [0.15, 0.2) is 12.1 Å². The normalized spacial score (nSPS) is 9.29. The Kier molecular flexibility index (Phi) is 3.57. The highest BCUT2D eigenvalue weighted by Crippen LogP contribution is 2.29. The first-order valence-electron chi connectivity index (χ1n) is 3.71. The summed E-state index contributed by atoms with van der Waals surface area (Å²) in [5.41, 5.74) is 2.27. The largest absolute Gasteiger partial charge is 0.479 e. The molecule has 74 valence electrons. The van der Waals surface area contributed by atoms with Crippen LogP contribution in [0.3, 0.4) is 0 Å². The van der Waals surface area contributed by atoms with Crippen molar-refractivity contribution in [3.63, 3.8) is 0 Å². The van der Waals surface area contributed by atoms with Crippen LogP contribution in [-0.4, -0.2) is 6.61 Å². The first-order valence-corrected chi connectivity index (χ1v) is 4.08. The molecule has 0 unspecified atom stereocenters. The molecule has 5 heteroatoms. The third-order valence-electron chi connectivity index (χ3n) is 1.49. The lowest BCUT2D eigenvalue weighted by atomic mass is 10.3. The molecule has 0 saturated carbocycles. The third-order valence-corrected chi connectivity index (χ3v) is 1.78. The molecule has 0 aliphatic carbocycles. The van der Waals surface area contributed by atoms with E-state index in [1.807, 2.05) is 0 Å². The molecule has 0 amide bonds. The SMILES string of the molecule is C#CCOc1cc(NN)c(F)cc1Cl. The molecule has 0 fully saturated rings. The zero-order valence-corrected chi connectivity index (χ0v) is 7.94. The minimum atomic E-state index is -0.550. The van der Waals surface area contributed by atoms with E-state index in [9.17, 15) is 4.39 Å². The van der Waals surface area contributed by atoms with E-state index in [1.165, 1.54) is 6.07 Å². The maximum atomic E-state index is 13.0. The lowest BCUT2D eigenvalue weighted by Gasteiger charge is -2.08. The first kappa shape index (κ1) is 10.6. The molecule has 0 aromatic heterocycles. The Morgan fingerprint density at radius 3 is 2.93 bits per heavy atom. The molecule has 0 aliphatic rings. The van der Waals surface area contributed by atoms with Crippen molar-refractivity contribution in [3.8, 4) is 18.1 Å². The number of halogens is 2. The van der Waals surface area contributed by atoms with Crippen molar-refractivity contribution >= 4 is 17.3 Å². The zero-order chi connectivity index (χ0) is 10.6. The summed E-state index contributed by atoms with van der Waals surface area (Å²) in [6.07, 6.45) is 4.99. The van der Waals surface area contributed by atoms with E-state index in [4.69, 9.17) is 28.6 Å². The van der Waals surface area contributed by atoms with Gasteiger partial charge in [0, 0.05) is 6.07 Å². The van der Waals surface area contributed by atoms with E-state index in [0.29, 0.717) is 5.75 Å². The van der Waals surface area contributed by atoms with Gasteiger partial charge in [-0.25, -0.2) is 4.39 Å². The minimum absolute atomic E-state index is 0.0648. The summed E-state index contributed by atoms with van der Waals surface area (Å²) >= 11 is 5.69. The molecule has 0 spiro atoms. The molecule has 14 heavy (non-hydrogen) atoms. The molecule has 1 rings (SSSR count). The van der Waals surface area contributed by atoms with Crippen LogP contribution in [-0.2, 0) is 0 Å². The number of anilines is 1. The second-order valence-corrected chi connectivity index (χ2v) is 2.81. The van der Waals surface area contributed by atoms with Crippen molar-refractivity contribution < 1.29 is 9.13 Å². The van der Waals surface area contributed by atoms with Crippen LogP contribution in [0.1, 0.15) is 0 Å². The molecule has 0 saturated heterocycles. The average molecular weight is 215 g/mol. The quantitative estimate of drug-likeness (QED) is 0.458. The lowest BCUT2D eigenvalue weighted by molar-refractivity contribution is 0.370. The molecule has 3 N–H and O–H groups in total. The Labute approximate surface area is 86.0 Å². The minimum Gasteiger partial charge on any atom is -0.479 e. The van der Waals surface area contributed by atoms with Crippen LogP contribution < -0.4 is 16.0 Å². The molecule has 0 atom stereocenters. The van der Waals surface area contributed by atoms with Gasteiger partial charge in [-0.15, -0.1) is 6.42 Å². The highest BCUT2D eigenvalue weighted by Gasteiger charge is 2.08. The second kappa shape index (κ2) is 4.70. The summed E-state index contributed by atoms with van der Waals surface area (Å²) in [4.78, 5) is 0. The van der Waals surface area contributed by atoms with E-state index in [0.717, 1.165) is 6.07 Å². The summed E-state index contributed by atoms with van der Waals surface area (Å²) in [5, 5.41) is 0.150. The Balaban J connectivity index is 2.99. The summed E-state index contributed by atoms with van der Waals surface area (Å²) in [5.74, 6) is 7.08. The average Bonchev–Trinajstić information content (AvgIpc) is 2.17. The highest BCUT2D eigenvalue weighted by atomic mass is 35.5. The summed E-state index contributed by atoms with van der Waals surface area (Å²) in [7, 11) is 0. The van der Waals surface area contributed by atoms with Gasteiger partial charge in [-0.1, -0.05) is 17.5 Å². The predicted octanol–water partition coefficient (Wildman–Crippen LogP) is 1.78. The lowest BCUT2D eigenvalue weighted by Crippen LogP contribution is -2.09. The molecule has 0 heterocycles. The van der Waals surface area contributed by atoms with Gasteiger partial charge in [0.05, 0.1) is 10.7 Å². The topological polar surface area (TPSA) is 47.3 Å². The number of nitrogens with two attached hydrogens (primary N) is 1. The number of benzene rings is 1. The molecule has 0 aliphatic heterocycles. The van der Waals surface area contributed by atoms with Gasteiger partial charge in [-0.05, 0) is 6.07 Å². The smallest absolute Gasteiger partial charge is 0.149 e. The Morgan fingerprint density at radius 1 is 1.64 bits per heavy atom. The number of nitrogens with one attached hydrogen (secondary N) is 1. The van der Waals surface area contributed by atoms with E-state index >= 15 is 0 Å². The number of hydrogen-bond acceptors (Lipinski definition) is 3. The van der Waals surface area contributed by atoms with Crippen LogP contribution in [0, 0.1) is 18.2 Å². The standard InChI is InChI=1S/C9H8ClFN2O/c1-2-3-14-9-5-8(13-12)7(11)4-6(9)10/h1,4-5,13H,3,12H2. The predicted molar refractivity (Wildman–Crippen MR) is 53.5 cm³/mol. The van der Waals surface area contributed by atoms with Crippen LogP contribution in [0.4, 0.5) is 10.1 Å². The zero-order valence-electron chi connectivity index (χ0n) is 7.18. The Bertz CT molecular complexity index is 376. The van der Waals surface area contributed by atoms with Crippen molar-refractivity contribution in [2.45, 2.75) is 0 Å². The first-order chi connectivity index (χ1) is 6.69. The van der Waals surface area contributed by atoms with Gasteiger partial charge in [0.1, 0.15) is 18.2 Å². The number of terminal acetylenes is 1.